The average Bonchev–Trinajstić information content (AvgIpc) is 2.84. The van der Waals surface area contributed by atoms with E-state index in [0.717, 1.165) is 37.4 Å². The van der Waals surface area contributed by atoms with Crippen LogP contribution in [0.3, 0.4) is 0 Å². The predicted molar refractivity (Wildman–Crippen MR) is 77.6 cm³/mol. The molecule has 4 nitrogen and oxygen atoms in total. The van der Waals surface area contributed by atoms with Crippen molar-refractivity contribution in [3.05, 3.63) is 42.2 Å². The van der Waals surface area contributed by atoms with Crippen molar-refractivity contribution in [2.75, 3.05) is 18.5 Å². The Labute approximate surface area is 114 Å². The van der Waals surface area contributed by atoms with Gasteiger partial charge in [0.1, 0.15) is 5.75 Å². The highest BCUT2D eigenvalue weighted by Gasteiger charge is 1.99. The van der Waals surface area contributed by atoms with Gasteiger partial charge in [-0.15, -0.1) is 0 Å². The Hall–Kier alpha value is -1.97. The first-order valence-corrected chi connectivity index (χ1v) is 6.73. The standard InChI is InChI=1S/C15H21N3O/c1-3-12-19-15-6-4-13(5-7-15)16-10-8-14-9-11-17-18(14)2/h4-7,9,11,16H,3,8,10,12H2,1-2H3. The van der Waals surface area contributed by atoms with Gasteiger partial charge in [0.2, 0.25) is 0 Å². The van der Waals surface area contributed by atoms with Gasteiger partial charge in [-0.1, -0.05) is 6.92 Å². The third-order valence-corrected chi connectivity index (χ3v) is 2.96. The molecule has 0 atom stereocenters. The van der Waals surface area contributed by atoms with Crippen molar-refractivity contribution in [3.63, 3.8) is 0 Å². The maximum Gasteiger partial charge on any atom is 0.119 e. The van der Waals surface area contributed by atoms with Crippen LogP contribution in [0.1, 0.15) is 19.0 Å². The van der Waals surface area contributed by atoms with E-state index in [-0.39, 0.29) is 0 Å². The van der Waals surface area contributed by atoms with Gasteiger partial charge in [-0.05, 0) is 36.8 Å². The van der Waals surface area contributed by atoms with E-state index in [1.54, 1.807) is 0 Å². The average molecular weight is 259 g/mol. The van der Waals surface area contributed by atoms with Crippen LogP contribution >= 0.6 is 0 Å². The minimum atomic E-state index is 0.771. The normalized spacial score (nSPS) is 10.4. The van der Waals surface area contributed by atoms with Crippen molar-refractivity contribution >= 4 is 5.69 Å². The largest absolute Gasteiger partial charge is 0.494 e. The molecule has 0 radical (unpaired) electrons. The van der Waals surface area contributed by atoms with Gasteiger partial charge in [-0.3, -0.25) is 4.68 Å². The lowest BCUT2D eigenvalue weighted by Gasteiger charge is -2.08. The second kappa shape index (κ2) is 6.83. The zero-order valence-corrected chi connectivity index (χ0v) is 11.6. The molecule has 1 aromatic carbocycles. The van der Waals surface area contributed by atoms with E-state index in [9.17, 15) is 0 Å². The van der Waals surface area contributed by atoms with Crippen LogP contribution in [-0.2, 0) is 13.5 Å². The molecule has 0 saturated carbocycles. The van der Waals surface area contributed by atoms with Crippen LogP contribution in [0.25, 0.3) is 0 Å². The SMILES string of the molecule is CCCOc1ccc(NCCc2ccnn2C)cc1. The van der Waals surface area contributed by atoms with Gasteiger partial charge in [0.05, 0.1) is 6.61 Å². The number of ether oxygens (including phenoxy) is 1. The molecule has 0 saturated heterocycles. The van der Waals surface area contributed by atoms with Gasteiger partial charge in [0, 0.05) is 37.6 Å². The highest BCUT2D eigenvalue weighted by atomic mass is 16.5. The lowest BCUT2D eigenvalue weighted by atomic mass is 10.2. The number of hydrogen-bond donors (Lipinski definition) is 1. The number of aryl methyl sites for hydroxylation is 1. The van der Waals surface area contributed by atoms with Crippen LogP contribution in [0.15, 0.2) is 36.5 Å². The Balaban J connectivity index is 1.78. The van der Waals surface area contributed by atoms with Crippen molar-refractivity contribution in [3.8, 4) is 5.75 Å². The second-order valence-corrected chi connectivity index (χ2v) is 4.50. The molecule has 1 heterocycles. The lowest BCUT2D eigenvalue weighted by Crippen LogP contribution is -2.08. The molecule has 1 N–H and O–H groups in total. The van der Waals surface area contributed by atoms with Gasteiger partial charge >= 0.3 is 0 Å². The van der Waals surface area contributed by atoms with Crippen LogP contribution in [0, 0.1) is 0 Å². The molecule has 0 aliphatic rings. The molecule has 1 aromatic heterocycles. The van der Waals surface area contributed by atoms with Gasteiger partial charge in [-0.25, -0.2) is 0 Å². The lowest BCUT2D eigenvalue weighted by molar-refractivity contribution is 0.317. The summed E-state index contributed by atoms with van der Waals surface area (Å²) in [6, 6.07) is 10.1. The highest BCUT2D eigenvalue weighted by Crippen LogP contribution is 2.15. The van der Waals surface area contributed by atoms with E-state index in [4.69, 9.17) is 4.74 Å². The fourth-order valence-electron chi connectivity index (χ4n) is 1.87. The fourth-order valence-corrected chi connectivity index (χ4v) is 1.87. The summed E-state index contributed by atoms with van der Waals surface area (Å²) in [7, 11) is 1.97. The molecule has 19 heavy (non-hydrogen) atoms. The predicted octanol–water partition coefficient (Wildman–Crippen LogP) is 2.86. The molecule has 0 fully saturated rings. The third kappa shape index (κ3) is 4.02. The van der Waals surface area contributed by atoms with E-state index in [2.05, 4.69) is 17.3 Å². The van der Waals surface area contributed by atoms with E-state index in [1.165, 1.54) is 5.69 Å². The third-order valence-electron chi connectivity index (χ3n) is 2.96. The van der Waals surface area contributed by atoms with Crippen molar-refractivity contribution in [1.29, 1.82) is 0 Å². The van der Waals surface area contributed by atoms with Crippen LogP contribution in [0.2, 0.25) is 0 Å². The van der Waals surface area contributed by atoms with E-state index in [0.29, 0.717) is 0 Å². The minimum Gasteiger partial charge on any atom is -0.494 e. The van der Waals surface area contributed by atoms with Gasteiger partial charge in [-0.2, -0.15) is 5.10 Å². The van der Waals surface area contributed by atoms with Crippen LogP contribution in [0.5, 0.6) is 5.75 Å². The first-order valence-electron chi connectivity index (χ1n) is 6.73. The number of anilines is 1. The Kier molecular flexibility index (Phi) is 4.84. The molecule has 0 spiro atoms. The summed E-state index contributed by atoms with van der Waals surface area (Å²) in [5.41, 5.74) is 2.35. The Morgan fingerprint density at radius 3 is 2.63 bits per heavy atom. The number of nitrogens with one attached hydrogen (secondary N) is 1. The molecule has 2 rings (SSSR count). The summed E-state index contributed by atoms with van der Waals surface area (Å²) in [4.78, 5) is 0. The van der Waals surface area contributed by atoms with Gasteiger partial charge in [0.15, 0.2) is 0 Å². The first-order chi connectivity index (χ1) is 9.29. The number of hydrogen-bond acceptors (Lipinski definition) is 3. The molecular weight excluding hydrogens is 238 g/mol. The molecule has 2 aromatic rings. The Bertz CT molecular complexity index is 490. The minimum absolute atomic E-state index is 0.771. The molecular formula is C15H21N3O. The van der Waals surface area contributed by atoms with Crippen molar-refractivity contribution in [1.82, 2.24) is 9.78 Å². The summed E-state index contributed by atoms with van der Waals surface area (Å²) in [5, 5.41) is 7.55. The number of aromatic nitrogens is 2. The van der Waals surface area contributed by atoms with Crippen LogP contribution < -0.4 is 10.1 Å². The van der Waals surface area contributed by atoms with Crippen molar-refractivity contribution in [2.45, 2.75) is 19.8 Å². The molecule has 0 aliphatic carbocycles. The maximum atomic E-state index is 5.55. The number of nitrogens with zero attached hydrogens (tertiary/aromatic N) is 2. The Morgan fingerprint density at radius 1 is 1.21 bits per heavy atom. The van der Waals surface area contributed by atoms with E-state index < -0.39 is 0 Å². The maximum absolute atomic E-state index is 5.55. The van der Waals surface area contributed by atoms with Crippen molar-refractivity contribution < 1.29 is 4.74 Å². The number of benzene rings is 1. The van der Waals surface area contributed by atoms with Gasteiger partial charge in [0.25, 0.3) is 0 Å². The molecule has 0 unspecified atom stereocenters. The summed E-state index contributed by atoms with van der Waals surface area (Å²) < 4.78 is 7.46. The van der Waals surface area contributed by atoms with Crippen LogP contribution in [0.4, 0.5) is 5.69 Å². The molecule has 0 amide bonds. The smallest absolute Gasteiger partial charge is 0.119 e. The second-order valence-electron chi connectivity index (χ2n) is 4.50. The first kappa shape index (κ1) is 13.5. The monoisotopic (exact) mass is 259 g/mol. The molecule has 102 valence electrons. The topological polar surface area (TPSA) is 39.1 Å². The summed E-state index contributed by atoms with van der Waals surface area (Å²) in [6.45, 7) is 3.77. The van der Waals surface area contributed by atoms with Gasteiger partial charge < -0.3 is 10.1 Å². The zero-order chi connectivity index (χ0) is 13.5. The number of rotatable bonds is 7. The zero-order valence-electron chi connectivity index (χ0n) is 11.6. The quantitative estimate of drug-likeness (QED) is 0.831. The molecule has 0 bridgehead atoms. The summed E-state index contributed by atoms with van der Waals surface area (Å²) >= 11 is 0. The van der Waals surface area contributed by atoms with E-state index in [1.807, 2.05) is 48.3 Å². The highest BCUT2D eigenvalue weighted by molar-refractivity contribution is 5.46. The van der Waals surface area contributed by atoms with E-state index >= 15 is 0 Å². The van der Waals surface area contributed by atoms with Crippen LogP contribution in [-0.4, -0.2) is 22.9 Å². The van der Waals surface area contributed by atoms with Crippen molar-refractivity contribution in [2.24, 2.45) is 7.05 Å². The molecule has 4 heteroatoms. The summed E-state index contributed by atoms with van der Waals surface area (Å²) in [5.74, 6) is 0.930. The fraction of sp³-hybridized carbons (Fsp3) is 0.400. The summed E-state index contributed by atoms with van der Waals surface area (Å²) in [6.07, 6.45) is 3.82. The molecule has 0 aliphatic heterocycles. The Morgan fingerprint density at radius 2 is 2.00 bits per heavy atom.